The Kier molecular flexibility index (Phi) is 5.87. The average Bonchev–Trinajstić information content (AvgIpc) is 2.50. The van der Waals surface area contributed by atoms with Crippen LogP contribution in [0.2, 0.25) is 0 Å². The first-order valence-electron chi connectivity index (χ1n) is 7.60. The molecule has 1 aliphatic carbocycles. The van der Waals surface area contributed by atoms with E-state index in [1.807, 2.05) is 20.8 Å². The summed E-state index contributed by atoms with van der Waals surface area (Å²) in [6.45, 7) is 6.46. The van der Waals surface area contributed by atoms with E-state index in [0.29, 0.717) is 6.42 Å². The number of carbonyl (C=O) groups is 2. The molecule has 128 valence electrons. The molecule has 1 saturated heterocycles. The molecular weight excluding hydrogens is 308 g/mol. The van der Waals surface area contributed by atoms with Gasteiger partial charge in [0.1, 0.15) is 11.6 Å². The van der Waals surface area contributed by atoms with Gasteiger partial charge in [-0.25, -0.2) is 4.79 Å². The van der Waals surface area contributed by atoms with Crippen LogP contribution in [0.5, 0.6) is 0 Å². The number of halogens is 1. The van der Waals surface area contributed by atoms with Crippen molar-refractivity contribution in [2.45, 2.75) is 57.7 Å². The van der Waals surface area contributed by atoms with Crippen molar-refractivity contribution < 1.29 is 19.1 Å². The molecule has 1 heterocycles. The number of nitrogens with one attached hydrogen (secondary N) is 1. The number of rotatable bonds is 4. The monoisotopic (exact) mass is 334 g/mol. The van der Waals surface area contributed by atoms with Crippen LogP contribution in [0.3, 0.4) is 0 Å². The lowest BCUT2D eigenvalue weighted by Crippen LogP contribution is -2.82. The maximum Gasteiger partial charge on any atom is 0.328 e. The zero-order chi connectivity index (χ0) is 15.8. The number of ether oxygens (including phenoxy) is 2. The summed E-state index contributed by atoms with van der Waals surface area (Å²) in [4.78, 5) is 24.4. The number of amides is 1. The molecule has 2 fully saturated rings. The standard InChI is InChI=1S/C15H26N2O4.ClH/c1-5-10(12(18)20-4)17-13(19)15(16)9-7-6-8-21-11(9)14(15,2)3;/h9-11H,5-8,16H2,1-4H3,(H,17,19);1H. The maximum absolute atomic E-state index is 12.7. The molecule has 0 aromatic rings. The van der Waals surface area contributed by atoms with Crippen molar-refractivity contribution in [3.05, 3.63) is 0 Å². The van der Waals surface area contributed by atoms with Crippen LogP contribution in [0, 0.1) is 11.3 Å². The Labute approximate surface area is 137 Å². The smallest absolute Gasteiger partial charge is 0.328 e. The second-order valence-electron chi connectivity index (χ2n) is 6.59. The largest absolute Gasteiger partial charge is 0.467 e. The summed E-state index contributed by atoms with van der Waals surface area (Å²) in [5, 5.41) is 2.75. The van der Waals surface area contributed by atoms with Crippen LogP contribution in [0.15, 0.2) is 0 Å². The first kappa shape index (κ1) is 19.2. The van der Waals surface area contributed by atoms with E-state index in [1.165, 1.54) is 7.11 Å². The fraction of sp³-hybridized carbons (Fsp3) is 0.867. The number of hydrogen-bond donors (Lipinski definition) is 2. The molecule has 7 heteroatoms. The fourth-order valence-corrected chi connectivity index (χ4v) is 3.78. The van der Waals surface area contributed by atoms with Gasteiger partial charge in [0.2, 0.25) is 5.91 Å². The lowest BCUT2D eigenvalue weighted by Gasteiger charge is -2.65. The van der Waals surface area contributed by atoms with Crippen LogP contribution in [0.25, 0.3) is 0 Å². The fourth-order valence-electron chi connectivity index (χ4n) is 3.78. The van der Waals surface area contributed by atoms with Crippen LogP contribution in [0.1, 0.15) is 40.0 Å². The molecule has 4 atom stereocenters. The Bertz CT molecular complexity index is 443. The zero-order valence-corrected chi connectivity index (χ0v) is 14.5. The number of nitrogens with two attached hydrogens (primary N) is 1. The Morgan fingerprint density at radius 2 is 2.09 bits per heavy atom. The number of methoxy groups -OCH3 is 1. The summed E-state index contributed by atoms with van der Waals surface area (Å²) in [5.74, 6) is -0.712. The summed E-state index contributed by atoms with van der Waals surface area (Å²) in [6.07, 6.45) is 2.28. The third kappa shape index (κ3) is 2.61. The minimum Gasteiger partial charge on any atom is -0.467 e. The van der Waals surface area contributed by atoms with E-state index in [4.69, 9.17) is 15.2 Å². The SMILES string of the molecule is CCC(NC(=O)C1(N)C2CCCOC2C1(C)C)C(=O)OC.Cl. The Morgan fingerprint density at radius 1 is 1.45 bits per heavy atom. The molecule has 6 nitrogen and oxygen atoms in total. The first-order chi connectivity index (χ1) is 9.80. The zero-order valence-electron chi connectivity index (χ0n) is 13.7. The number of carbonyl (C=O) groups excluding carboxylic acids is 2. The molecule has 2 aliphatic rings. The molecule has 2 rings (SSSR count). The molecule has 3 N–H and O–H groups in total. The second-order valence-corrected chi connectivity index (χ2v) is 6.59. The Balaban J connectivity index is 0.00000242. The Hall–Kier alpha value is -0.850. The van der Waals surface area contributed by atoms with E-state index < -0.39 is 23.0 Å². The molecule has 1 saturated carbocycles. The van der Waals surface area contributed by atoms with Crippen molar-refractivity contribution in [1.82, 2.24) is 5.32 Å². The van der Waals surface area contributed by atoms with Gasteiger partial charge in [-0.2, -0.15) is 0 Å². The summed E-state index contributed by atoms with van der Waals surface area (Å²) >= 11 is 0. The average molecular weight is 335 g/mol. The van der Waals surface area contributed by atoms with Crippen molar-refractivity contribution in [3.8, 4) is 0 Å². The molecular formula is C15H27ClN2O4. The molecule has 1 amide bonds. The summed E-state index contributed by atoms with van der Waals surface area (Å²) in [5.41, 5.74) is 5.03. The highest BCUT2D eigenvalue weighted by Gasteiger charge is 2.70. The minimum atomic E-state index is -1.00. The van der Waals surface area contributed by atoms with Gasteiger partial charge in [0.25, 0.3) is 0 Å². The molecule has 0 radical (unpaired) electrons. The van der Waals surface area contributed by atoms with Gasteiger partial charge >= 0.3 is 5.97 Å². The number of hydrogen-bond acceptors (Lipinski definition) is 5. The normalized spacial score (nSPS) is 33.5. The second kappa shape index (κ2) is 6.72. The van der Waals surface area contributed by atoms with E-state index in [0.717, 1.165) is 19.4 Å². The van der Waals surface area contributed by atoms with E-state index >= 15 is 0 Å². The number of esters is 1. The Morgan fingerprint density at radius 3 is 2.64 bits per heavy atom. The number of fused-ring (bicyclic) bond motifs is 1. The van der Waals surface area contributed by atoms with Crippen molar-refractivity contribution in [1.29, 1.82) is 0 Å². The van der Waals surface area contributed by atoms with Gasteiger partial charge in [0.05, 0.1) is 13.2 Å². The molecule has 1 aliphatic heterocycles. The van der Waals surface area contributed by atoms with Crippen LogP contribution in [-0.2, 0) is 19.1 Å². The van der Waals surface area contributed by atoms with Gasteiger partial charge in [-0.3, -0.25) is 4.79 Å². The van der Waals surface area contributed by atoms with Gasteiger partial charge in [-0.05, 0) is 19.3 Å². The molecule has 0 bridgehead atoms. The maximum atomic E-state index is 12.7. The summed E-state index contributed by atoms with van der Waals surface area (Å²) in [6, 6.07) is -0.651. The lowest BCUT2D eigenvalue weighted by atomic mass is 9.46. The predicted octanol–water partition coefficient (Wildman–Crippen LogP) is 1.01. The predicted molar refractivity (Wildman–Crippen MR) is 84.6 cm³/mol. The highest BCUT2D eigenvalue weighted by atomic mass is 35.5. The quantitative estimate of drug-likeness (QED) is 0.749. The van der Waals surface area contributed by atoms with Crippen LogP contribution in [0.4, 0.5) is 0 Å². The highest BCUT2D eigenvalue weighted by molar-refractivity contribution is 5.92. The third-order valence-electron chi connectivity index (χ3n) is 5.26. The van der Waals surface area contributed by atoms with Gasteiger partial charge < -0.3 is 20.5 Å². The summed E-state index contributed by atoms with van der Waals surface area (Å²) < 4.78 is 10.5. The summed E-state index contributed by atoms with van der Waals surface area (Å²) in [7, 11) is 1.31. The highest BCUT2D eigenvalue weighted by Crippen LogP contribution is 2.57. The molecule has 4 unspecified atom stereocenters. The van der Waals surface area contributed by atoms with Gasteiger partial charge in [0.15, 0.2) is 0 Å². The molecule has 22 heavy (non-hydrogen) atoms. The third-order valence-corrected chi connectivity index (χ3v) is 5.26. The van der Waals surface area contributed by atoms with Crippen molar-refractivity contribution in [2.75, 3.05) is 13.7 Å². The van der Waals surface area contributed by atoms with E-state index in [2.05, 4.69) is 5.32 Å². The lowest BCUT2D eigenvalue weighted by molar-refractivity contribution is -0.225. The first-order valence-corrected chi connectivity index (χ1v) is 7.60. The van der Waals surface area contributed by atoms with Gasteiger partial charge in [-0.15, -0.1) is 12.4 Å². The van der Waals surface area contributed by atoms with Crippen LogP contribution < -0.4 is 11.1 Å². The van der Waals surface area contributed by atoms with Gasteiger partial charge in [-0.1, -0.05) is 20.8 Å². The van der Waals surface area contributed by atoms with E-state index in [9.17, 15) is 9.59 Å². The van der Waals surface area contributed by atoms with Crippen molar-refractivity contribution in [3.63, 3.8) is 0 Å². The molecule has 0 spiro atoms. The van der Waals surface area contributed by atoms with Crippen molar-refractivity contribution in [2.24, 2.45) is 17.1 Å². The van der Waals surface area contributed by atoms with E-state index in [-0.39, 0.29) is 30.3 Å². The topological polar surface area (TPSA) is 90.7 Å². The molecule has 0 aromatic heterocycles. The van der Waals surface area contributed by atoms with Gasteiger partial charge in [0, 0.05) is 17.9 Å². The minimum absolute atomic E-state index is 0. The van der Waals surface area contributed by atoms with Crippen LogP contribution in [-0.4, -0.2) is 43.3 Å². The van der Waals surface area contributed by atoms with Crippen molar-refractivity contribution >= 4 is 24.3 Å². The molecule has 0 aromatic carbocycles. The van der Waals surface area contributed by atoms with Crippen LogP contribution >= 0.6 is 12.4 Å². The van der Waals surface area contributed by atoms with E-state index in [1.54, 1.807) is 0 Å².